The van der Waals surface area contributed by atoms with E-state index >= 15 is 0 Å². The molecule has 0 bridgehead atoms. The van der Waals surface area contributed by atoms with E-state index in [0.29, 0.717) is 12.5 Å². The van der Waals surface area contributed by atoms with Crippen LogP contribution in [-0.4, -0.2) is 27.6 Å². The first-order valence-electron chi connectivity index (χ1n) is 8.85. The van der Waals surface area contributed by atoms with Gasteiger partial charge >= 0.3 is 0 Å². The molecule has 3 aromatic heterocycles. The number of aromatic nitrogens is 3. The molecule has 0 spiro atoms. The van der Waals surface area contributed by atoms with Crippen LogP contribution < -0.4 is 10.5 Å². The van der Waals surface area contributed by atoms with Crippen LogP contribution in [0.4, 0.5) is 0 Å². The van der Waals surface area contributed by atoms with Crippen LogP contribution in [-0.2, 0) is 0 Å². The Morgan fingerprint density at radius 2 is 1.46 bits per heavy atom. The summed E-state index contributed by atoms with van der Waals surface area (Å²) in [6.07, 6.45) is 4.43. The van der Waals surface area contributed by atoms with Gasteiger partial charge in [0.05, 0.1) is 22.8 Å². The van der Waals surface area contributed by atoms with Crippen LogP contribution in [0.5, 0.6) is 5.75 Å². The Bertz CT molecular complexity index is 764. The number of pyridine rings is 3. The largest absolute Gasteiger partial charge is 0.492 e. The van der Waals surface area contributed by atoms with Crippen molar-refractivity contribution in [2.45, 2.75) is 26.3 Å². The SMILES string of the molecule is CC(C)C[C@H](N)COc1cc(-c2ccccn2)nc(-c2ccccn2)c1. The molecule has 5 heteroatoms. The van der Waals surface area contributed by atoms with Gasteiger partial charge in [0, 0.05) is 30.6 Å². The average molecular weight is 348 g/mol. The Hall–Kier alpha value is -2.79. The third kappa shape index (κ3) is 4.86. The Morgan fingerprint density at radius 3 is 1.92 bits per heavy atom. The van der Waals surface area contributed by atoms with Gasteiger partial charge in [-0.1, -0.05) is 26.0 Å². The molecule has 3 rings (SSSR count). The topological polar surface area (TPSA) is 73.9 Å². The lowest BCUT2D eigenvalue weighted by molar-refractivity contribution is 0.271. The molecule has 0 saturated heterocycles. The Kier molecular flexibility index (Phi) is 5.92. The molecule has 0 aromatic carbocycles. The summed E-state index contributed by atoms with van der Waals surface area (Å²) in [5.41, 5.74) is 9.24. The summed E-state index contributed by atoms with van der Waals surface area (Å²) in [4.78, 5) is 13.5. The number of ether oxygens (including phenoxy) is 1. The summed E-state index contributed by atoms with van der Waals surface area (Å²) in [6, 6.07) is 15.3. The highest BCUT2D eigenvalue weighted by atomic mass is 16.5. The van der Waals surface area contributed by atoms with Gasteiger partial charge in [-0.05, 0) is 36.6 Å². The predicted octanol–water partition coefficient (Wildman–Crippen LogP) is 3.96. The highest BCUT2D eigenvalue weighted by Crippen LogP contribution is 2.26. The Balaban J connectivity index is 1.90. The first-order valence-corrected chi connectivity index (χ1v) is 8.85. The zero-order chi connectivity index (χ0) is 18.4. The van der Waals surface area contributed by atoms with Gasteiger partial charge in [-0.2, -0.15) is 0 Å². The molecule has 0 aliphatic heterocycles. The summed E-state index contributed by atoms with van der Waals surface area (Å²) >= 11 is 0. The second-order valence-corrected chi connectivity index (χ2v) is 6.70. The van der Waals surface area contributed by atoms with Crippen molar-refractivity contribution in [3.05, 3.63) is 60.9 Å². The van der Waals surface area contributed by atoms with Gasteiger partial charge in [-0.15, -0.1) is 0 Å². The summed E-state index contributed by atoms with van der Waals surface area (Å²) < 4.78 is 5.97. The fraction of sp³-hybridized carbons (Fsp3) is 0.286. The van der Waals surface area contributed by atoms with Crippen molar-refractivity contribution in [3.8, 4) is 28.5 Å². The van der Waals surface area contributed by atoms with Crippen LogP contribution in [0.2, 0.25) is 0 Å². The average Bonchev–Trinajstić information content (AvgIpc) is 2.67. The summed E-state index contributed by atoms with van der Waals surface area (Å²) in [5, 5.41) is 0. The fourth-order valence-corrected chi connectivity index (χ4v) is 2.76. The number of nitrogens with zero attached hydrogens (tertiary/aromatic N) is 3. The van der Waals surface area contributed by atoms with Gasteiger partial charge < -0.3 is 10.5 Å². The van der Waals surface area contributed by atoms with Crippen molar-refractivity contribution >= 4 is 0 Å². The molecule has 0 unspecified atom stereocenters. The quantitative estimate of drug-likeness (QED) is 0.699. The smallest absolute Gasteiger partial charge is 0.123 e. The minimum atomic E-state index is -0.000217. The van der Waals surface area contributed by atoms with E-state index in [1.54, 1.807) is 12.4 Å². The van der Waals surface area contributed by atoms with Gasteiger partial charge in [0.25, 0.3) is 0 Å². The van der Waals surface area contributed by atoms with E-state index in [4.69, 9.17) is 15.5 Å². The van der Waals surface area contributed by atoms with E-state index in [1.807, 2.05) is 48.5 Å². The summed E-state index contributed by atoms with van der Waals surface area (Å²) in [6.45, 7) is 4.78. The van der Waals surface area contributed by atoms with Gasteiger partial charge in [0.15, 0.2) is 0 Å². The zero-order valence-corrected chi connectivity index (χ0v) is 15.2. The maximum Gasteiger partial charge on any atom is 0.123 e. The number of nitrogens with two attached hydrogens (primary N) is 1. The molecule has 1 atom stereocenters. The third-order valence-corrected chi connectivity index (χ3v) is 3.89. The number of rotatable bonds is 7. The summed E-state index contributed by atoms with van der Waals surface area (Å²) in [7, 11) is 0. The molecule has 134 valence electrons. The lowest BCUT2D eigenvalue weighted by Gasteiger charge is -2.16. The van der Waals surface area contributed by atoms with Crippen LogP contribution in [0.15, 0.2) is 60.9 Å². The van der Waals surface area contributed by atoms with E-state index < -0.39 is 0 Å². The first-order chi connectivity index (χ1) is 12.6. The molecule has 26 heavy (non-hydrogen) atoms. The molecule has 3 aromatic rings. The van der Waals surface area contributed by atoms with Crippen molar-refractivity contribution in [1.82, 2.24) is 15.0 Å². The lowest BCUT2D eigenvalue weighted by atomic mass is 10.1. The maximum atomic E-state index is 6.16. The monoisotopic (exact) mass is 348 g/mol. The van der Waals surface area contributed by atoms with E-state index in [-0.39, 0.29) is 6.04 Å². The molecule has 0 radical (unpaired) electrons. The normalized spacial score (nSPS) is 12.2. The standard InChI is InChI=1S/C21H24N4O/c1-15(2)11-16(22)14-26-17-12-20(18-7-3-5-9-23-18)25-21(13-17)19-8-4-6-10-24-19/h3-10,12-13,15-16H,11,14,22H2,1-2H3/t16-/m0/s1. The van der Waals surface area contributed by atoms with Crippen molar-refractivity contribution in [2.24, 2.45) is 11.7 Å². The van der Waals surface area contributed by atoms with Crippen molar-refractivity contribution in [1.29, 1.82) is 0 Å². The van der Waals surface area contributed by atoms with Gasteiger partial charge in [-0.3, -0.25) is 9.97 Å². The van der Waals surface area contributed by atoms with E-state index in [0.717, 1.165) is 34.9 Å². The second-order valence-electron chi connectivity index (χ2n) is 6.70. The minimum Gasteiger partial charge on any atom is -0.492 e. The van der Waals surface area contributed by atoms with Crippen LogP contribution in [0.3, 0.4) is 0 Å². The fourth-order valence-electron chi connectivity index (χ4n) is 2.76. The molecule has 0 saturated carbocycles. The van der Waals surface area contributed by atoms with Gasteiger partial charge in [0.1, 0.15) is 12.4 Å². The van der Waals surface area contributed by atoms with Crippen molar-refractivity contribution in [3.63, 3.8) is 0 Å². The molecule has 2 N–H and O–H groups in total. The molecular formula is C21H24N4O. The third-order valence-electron chi connectivity index (χ3n) is 3.89. The van der Waals surface area contributed by atoms with Crippen LogP contribution in [0.25, 0.3) is 22.8 Å². The lowest BCUT2D eigenvalue weighted by Crippen LogP contribution is -2.29. The second kappa shape index (κ2) is 8.54. The molecule has 3 heterocycles. The Labute approximate surface area is 154 Å². The molecule has 0 aliphatic carbocycles. The van der Waals surface area contributed by atoms with Crippen molar-refractivity contribution in [2.75, 3.05) is 6.61 Å². The predicted molar refractivity (Wildman–Crippen MR) is 104 cm³/mol. The molecule has 0 aliphatic rings. The van der Waals surface area contributed by atoms with Crippen LogP contribution >= 0.6 is 0 Å². The van der Waals surface area contributed by atoms with E-state index in [9.17, 15) is 0 Å². The van der Waals surface area contributed by atoms with Crippen molar-refractivity contribution < 1.29 is 4.74 Å². The number of hydrogen-bond acceptors (Lipinski definition) is 5. The molecule has 0 fully saturated rings. The van der Waals surface area contributed by atoms with Gasteiger partial charge in [0.2, 0.25) is 0 Å². The molecular weight excluding hydrogens is 324 g/mol. The van der Waals surface area contributed by atoms with Gasteiger partial charge in [-0.25, -0.2) is 4.98 Å². The highest BCUT2D eigenvalue weighted by molar-refractivity contribution is 5.64. The maximum absolute atomic E-state index is 6.16. The molecule has 5 nitrogen and oxygen atoms in total. The van der Waals surface area contributed by atoms with Crippen LogP contribution in [0, 0.1) is 5.92 Å². The first kappa shape index (κ1) is 18.0. The Morgan fingerprint density at radius 1 is 0.885 bits per heavy atom. The number of hydrogen-bond donors (Lipinski definition) is 1. The van der Waals surface area contributed by atoms with E-state index in [2.05, 4.69) is 23.8 Å². The summed E-state index contributed by atoms with van der Waals surface area (Å²) in [5.74, 6) is 1.26. The minimum absolute atomic E-state index is 0.000217. The van der Waals surface area contributed by atoms with Crippen LogP contribution in [0.1, 0.15) is 20.3 Å². The highest BCUT2D eigenvalue weighted by Gasteiger charge is 2.11. The molecule has 0 amide bonds. The zero-order valence-electron chi connectivity index (χ0n) is 15.2. The van der Waals surface area contributed by atoms with E-state index in [1.165, 1.54) is 0 Å².